The zero-order valence-electron chi connectivity index (χ0n) is 14.0. The lowest BCUT2D eigenvalue weighted by atomic mass is 9.89. The van der Waals surface area contributed by atoms with Crippen LogP contribution in [0.4, 0.5) is 0 Å². The molecule has 1 aromatic heterocycles. The predicted molar refractivity (Wildman–Crippen MR) is 95.3 cm³/mol. The molecule has 2 fully saturated rings. The zero-order valence-corrected chi connectivity index (χ0v) is 15.6. The Morgan fingerprint density at radius 2 is 2.12 bits per heavy atom. The van der Waals surface area contributed by atoms with Crippen LogP contribution in [0.2, 0.25) is 5.02 Å². The number of aryl methyl sites for hydroxylation is 1. The van der Waals surface area contributed by atoms with E-state index in [-0.39, 0.29) is 15.5 Å². The Morgan fingerprint density at radius 3 is 2.76 bits per heavy atom. The summed E-state index contributed by atoms with van der Waals surface area (Å²) >= 11 is 6.21. The first kappa shape index (κ1) is 17.1. The molecule has 25 heavy (non-hydrogen) atoms. The molecule has 1 heterocycles. The second-order valence-corrected chi connectivity index (χ2v) is 9.29. The van der Waals surface area contributed by atoms with Crippen molar-refractivity contribution in [2.45, 2.75) is 44.0 Å². The number of halogens is 1. The fraction of sp³-hybridized carbons (Fsp3) is 0.588. The van der Waals surface area contributed by atoms with Gasteiger partial charge in [-0.05, 0) is 50.0 Å². The highest BCUT2D eigenvalue weighted by Crippen LogP contribution is 2.48. The second kappa shape index (κ2) is 6.14. The molecule has 6 nitrogen and oxygen atoms in total. The van der Waals surface area contributed by atoms with Crippen molar-refractivity contribution in [2.75, 3.05) is 6.54 Å². The highest BCUT2D eigenvalue weighted by Gasteiger charge is 2.39. The predicted octanol–water partition coefficient (Wildman–Crippen LogP) is 2.98. The van der Waals surface area contributed by atoms with Gasteiger partial charge in [-0.15, -0.1) is 0 Å². The highest BCUT2D eigenvalue weighted by atomic mass is 35.5. The fourth-order valence-corrected chi connectivity index (χ4v) is 6.12. The summed E-state index contributed by atoms with van der Waals surface area (Å²) < 4.78 is 34.7. The minimum Gasteiger partial charge on any atom is -0.408 e. The van der Waals surface area contributed by atoms with Crippen molar-refractivity contribution in [3.8, 4) is 0 Å². The Balaban J connectivity index is 1.61. The Morgan fingerprint density at radius 1 is 1.32 bits per heavy atom. The largest absolute Gasteiger partial charge is 0.419 e. The molecule has 1 N–H and O–H groups in total. The number of benzene rings is 1. The number of hydrogen-bond acceptors (Lipinski definition) is 4. The summed E-state index contributed by atoms with van der Waals surface area (Å²) in [5.74, 6) is 1.30. The number of fused-ring (bicyclic) bond motifs is 3. The lowest BCUT2D eigenvalue weighted by Crippen LogP contribution is -2.31. The van der Waals surface area contributed by atoms with Gasteiger partial charge in [0.25, 0.3) is 0 Å². The normalized spacial score (nSPS) is 25.9. The summed E-state index contributed by atoms with van der Waals surface area (Å²) in [5, 5.41) is 0.0935. The van der Waals surface area contributed by atoms with Gasteiger partial charge in [-0.3, -0.25) is 4.57 Å². The van der Waals surface area contributed by atoms with Crippen LogP contribution in [0.3, 0.4) is 0 Å². The molecular formula is C17H21ClN2O4S. The van der Waals surface area contributed by atoms with Crippen LogP contribution in [0.15, 0.2) is 26.2 Å². The van der Waals surface area contributed by atoms with E-state index in [2.05, 4.69) is 4.72 Å². The van der Waals surface area contributed by atoms with E-state index in [1.807, 2.05) is 6.92 Å². The van der Waals surface area contributed by atoms with Crippen molar-refractivity contribution in [3.63, 3.8) is 0 Å². The van der Waals surface area contributed by atoms with Crippen LogP contribution in [0, 0.1) is 17.8 Å². The average molecular weight is 385 g/mol. The van der Waals surface area contributed by atoms with E-state index in [4.69, 9.17) is 16.0 Å². The Bertz CT molecular complexity index is 978. The summed E-state index contributed by atoms with van der Waals surface area (Å²) in [6.45, 7) is 2.68. The van der Waals surface area contributed by atoms with Gasteiger partial charge in [0.15, 0.2) is 5.58 Å². The van der Waals surface area contributed by atoms with Crippen molar-refractivity contribution in [2.24, 2.45) is 17.8 Å². The number of aromatic nitrogens is 1. The van der Waals surface area contributed by atoms with E-state index in [1.54, 1.807) is 0 Å². The fourth-order valence-electron chi connectivity index (χ4n) is 4.49. The van der Waals surface area contributed by atoms with E-state index in [0.717, 1.165) is 12.3 Å². The third kappa shape index (κ3) is 2.92. The van der Waals surface area contributed by atoms with Crippen LogP contribution in [0.1, 0.15) is 32.6 Å². The summed E-state index contributed by atoms with van der Waals surface area (Å²) in [7, 11) is -3.75. The molecule has 8 heteroatoms. The van der Waals surface area contributed by atoms with Gasteiger partial charge in [-0.2, -0.15) is 0 Å². The molecule has 1 aromatic carbocycles. The highest BCUT2D eigenvalue weighted by molar-refractivity contribution is 7.89. The van der Waals surface area contributed by atoms with Gasteiger partial charge < -0.3 is 4.42 Å². The number of sulfonamides is 1. The van der Waals surface area contributed by atoms with Gasteiger partial charge in [0.1, 0.15) is 4.90 Å². The third-order valence-electron chi connectivity index (χ3n) is 5.75. The molecule has 2 saturated carbocycles. The number of nitrogens with one attached hydrogen (secondary N) is 1. The molecule has 2 aliphatic rings. The summed E-state index contributed by atoms with van der Waals surface area (Å²) in [6, 6.07) is 2.83. The molecule has 3 unspecified atom stereocenters. The van der Waals surface area contributed by atoms with Crippen molar-refractivity contribution < 1.29 is 12.8 Å². The molecule has 0 aliphatic heterocycles. The third-order valence-corrected chi connectivity index (χ3v) is 7.64. The molecule has 2 aromatic rings. The number of nitrogens with zero attached hydrogens (tertiary/aromatic N) is 1. The van der Waals surface area contributed by atoms with Crippen molar-refractivity contribution in [3.05, 3.63) is 27.7 Å². The van der Waals surface area contributed by atoms with Gasteiger partial charge in [-0.1, -0.05) is 18.0 Å². The van der Waals surface area contributed by atoms with Crippen LogP contribution < -0.4 is 10.5 Å². The lowest BCUT2D eigenvalue weighted by Gasteiger charge is -2.21. The second-order valence-electron chi connectivity index (χ2n) is 7.15. The summed E-state index contributed by atoms with van der Waals surface area (Å²) in [6.07, 6.45) is 4.83. The molecule has 0 radical (unpaired) electrons. The van der Waals surface area contributed by atoms with Crippen LogP contribution in [-0.2, 0) is 16.6 Å². The first-order valence-electron chi connectivity index (χ1n) is 8.71. The van der Waals surface area contributed by atoms with E-state index >= 15 is 0 Å². The van der Waals surface area contributed by atoms with Gasteiger partial charge in [0.2, 0.25) is 10.0 Å². The molecule has 136 valence electrons. The van der Waals surface area contributed by atoms with Gasteiger partial charge in [-0.25, -0.2) is 17.9 Å². The monoisotopic (exact) mass is 384 g/mol. The van der Waals surface area contributed by atoms with E-state index < -0.39 is 15.8 Å². The van der Waals surface area contributed by atoms with Crippen LogP contribution >= 0.6 is 11.6 Å². The number of hydrogen-bond donors (Lipinski definition) is 1. The van der Waals surface area contributed by atoms with Crippen LogP contribution in [0.5, 0.6) is 0 Å². The molecule has 2 bridgehead atoms. The minimum atomic E-state index is -3.75. The van der Waals surface area contributed by atoms with Gasteiger partial charge in [0.05, 0.1) is 10.5 Å². The first-order chi connectivity index (χ1) is 11.9. The summed E-state index contributed by atoms with van der Waals surface area (Å²) in [4.78, 5) is 11.8. The van der Waals surface area contributed by atoms with Crippen molar-refractivity contribution >= 4 is 32.7 Å². The summed E-state index contributed by atoms with van der Waals surface area (Å²) in [5.41, 5.74) is 0.737. The van der Waals surface area contributed by atoms with Crippen LogP contribution in [0.25, 0.3) is 11.1 Å². The standard InChI is InChI=1S/C17H21ClN2O4S/c1-2-20-14-7-13(18)16(8-15(14)24-17(20)21)25(22,23)19-9-12-6-10-3-4-11(12)5-10/h7-8,10-12,19H,2-6,9H2,1H3. The topological polar surface area (TPSA) is 81.3 Å². The maximum absolute atomic E-state index is 12.7. The molecule has 2 aliphatic carbocycles. The van der Waals surface area contributed by atoms with Gasteiger partial charge >= 0.3 is 5.76 Å². The smallest absolute Gasteiger partial charge is 0.408 e. The minimum absolute atomic E-state index is 0.0400. The molecular weight excluding hydrogens is 364 g/mol. The first-order valence-corrected chi connectivity index (χ1v) is 10.6. The Kier molecular flexibility index (Phi) is 4.21. The molecule has 4 rings (SSSR count). The Labute approximate surface area is 151 Å². The molecule has 0 spiro atoms. The number of rotatable bonds is 5. The van der Waals surface area contributed by atoms with E-state index in [0.29, 0.717) is 30.4 Å². The maximum Gasteiger partial charge on any atom is 0.419 e. The molecule has 0 amide bonds. The van der Waals surface area contributed by atoms with Crippen molar-refractivity contribution in [1.82, 2.24) is 9.29 Å². The van der Waals surface area contributed by atoms with Crippen LogP contribution in [-0.4, -0.2) is 19.5 Å². The molecule has 0 saturated heterocycles. The quantitative estimate of drug-likeness (QED) is 0.859. The number of oxazole rings is 1. The SMILES string of the molecule is CCn1c(=O)oc2cc(S(=O)(=O)NCC3CC4CCC3C4)c(Cl)cc21. The van der Waals surface area contributed by atoms with Gasteiger partial charge in [0, 0.05) is 19.2 Å². The lowest BCUT2D eigenvalue weighted by molar-refractivity contribution is 0.333. The Hall–Kier alpha value is -1.31. The van der Waals surface area contributed by atoms with Crippen molar-refractivity contribution in [1.29, 1.82) is 0 Å². The van der Waals surface area contributed by atoms with E-state index in [9.17, 15) is 13.2 Å². The van der Waals surface area contributed by atoms with E-state index in [1.165, 1.54) is 36.0 Å². The zero-order chi connectivity index (χ0) is 17.8. The average Bonchev–Trinajstić information content (AvgIpc) is 3.25. The maximum atomic E-state index is 12.7. The molecule has 3 atom stereocenters.